The van der Waals surface area contributed by atoms with E-state index in [1.165, 1.54) is 0 Å². The zero-order chi connectivity index (χ0) is 20.9. The molecule has 1 amide bonds. The van der Waals surface area contributed by atoms with Crippen LogP contribution < -0.4 is 10.1 Å². The lowest BCUT2D eigenvalue weighted by Gasteiger charge is -2.07. The van der Waals surface area contributed by atoms with Crippen LogP contribution in [0.3, 0.4) is 0 Å². The molecule has 0 spiro atoms. The van der Waals surface area contributed by atoms with Crippen molar-refractivity contribution in [2.24, 2.45) is 0 Å². The van der Waals surface area contributed by atoms with Crippen LogP contribution in [0.4, 0.5) is 5.82 Å². The molecule has 4 rings (SSSR count). The summed E-state index contributed by atoms with van der Waals surface area (Å²) in [7, 11) is 0. The first-order valence-corrected chi connectivity index (χ1v) is 9.88. The number of hydrogen-bond acceptors (Lipinski definition) is 4. The molecule has 2 aromatic carbocycles. The van der Waals surface area contributed by atoms with Gasteiger partial charge < -0.3 is 14.5 Å². The van der Waals surface area contributed by atoms with E-state index < -0.39 is 5.91 Å². The van der Waals surface area contributed by atoms with Gasteiger partial charge in [-0.25, -0.2) is 0 Å². The highest BCUT2D eigenvalue weighted by molar-refractivity contribution is 6.42. The Labute approximate surface area is 183 Å². The minimum atomic E-state index is -0.396. The van der Waals surface area contributed by atoms with Gasteiger partial charge in [0.25, 0.3) is 5.91 Å². The summed E-state index contributed by atoms with van der Waals surface area (Å²) in [5, 5.41) is 7.82. The first-order chi connectivity index (χ1) is 14.6. The second-order valence-electron chi connectivity index (χ2n) is 6.44. The van der Waals surface area contributed by atoms with Crippen LogP contribution in [0.5, 0.6) is 5.75 Å². The molecular weight excluding hydrogens is 425 g/mol. The highest BCUT2D eigenvalue weighted by Crippen LogP contribution is 2.32. The van der Waals surface area contributed by atoms with Crippen molar-refractivity contribution in [3.8, 4) is 5.75 Å². The monoisotopic (exact) mass is 441 g/mol. The van der Waals surface area contributed by atoms with Crippen molar-refractivity contribution in [2.45, 2.75) is 13.2 Å². The fraction of sp³-hybridized carbons (Fsp3) is 0.0909. The highest BCUT2D eigenvalue weighted by Gasteiger charge is 2.14. The molecule has 0 radical (unpaired) electrons. The summed E-state index contributed by atoms with van der Waals surface area (Å²) in [6, 6.07) is 20.0. The van der Waals surface area contributed by atoms with Crippen LogP contribution >= 0.6 is 23.2 Å². The standard InChI is InChI=1S/C22H17Cl2N3O3/c23-17-7-4-8-18(21(17)24)29-14-16-9-10-19(30-16)22(28)25-20-11-12-27(26-20)13-15-5-2-1-3-6-15/h1-12H,13-14H2,(H,25,26,28). The third-order valence-electron chi connectivity index (χ3n) is 4.24. The minimum absolute atomic E-state index is 0.110. The number of aromatic nitrogens is 2. The molecule has 2 aromatic heterocycles. The first kappa shape index (κ1) is 20.1. The number of halogens is 2. The lowest BCUT2D eigenvalue weighted by molar-refractivity contribution is 0.0992. The molecule has 0 bridgehead atoms. The van der Waals surface area contributed by atoms with Gasteiger partial charge in [0.2, 0.25) is 0 Å². The molecule has 0 saturated heterocycles. The molecule has 0 aliphatic rings. The van der Waals surface area contributed by atoms with Crippen LogP contribution in [0.2, 0.25) is 10.0 Å². The van der Waals surface area contributed by atoms with Gasteiger partial charge in [-0.15, -0.1) is 0 Å². The van der Waals surface area contributed by atoms with Gasteiger partial charge >= 0.3 is 0 Å². The number of anilines is 1. The minimum Gasteiger partial charge on any atom is -0.484 e. The van der Waals surface area contributed by atoms with Gasteiger partial charge in [0, 0.05) is 12.3 Å². The molecule has 4 aromatic rings. The third-order valence-corrected chi connectivity index (χ3v) is 5.04. The van der Waals surface area contributed by atoms with Crippen molar-refractivity contribution < 1.29 is 13.9 Å². The normalized spacial score (nSPS) is 10.7. The molecule has 0 fully saturated rings. The van der Waals surface area contributed by atoms with Crippen LogP contribution in [0.1, 0.15) is 21.9 Å². The Kier molecular flexibility index (Phi) is 6.07. The quantitative estimate of drug-likeness (QED) is 0.401. The smallest absolute Gasteiger partial charge is 0.292 e. The van der Waals surface area contributed by atoms with Crippen molar-refractivity contribution in [2.75, 3.05) is 5.32 Å². The van der Waals surface area contributed by atoms with Gasteiger partial charge in [0.05, 0.1) is 11.6 Å². The average molecular weight is 442 g/mol. The number of rotatable bonds is 7. The number of hydrogen-bond donors (Lipinski definition) is 1. The van der Waals surface area contributed by atoms with Crippen molar-refractivity contribution >= 4 is 34.9 Å². The molecule has 0 atom stereocenters. The van der Waals surface area contributed by atoms with Gasteiger partial charge in [-0.2, -0.15) is 5.10 Å². The lowest BCUT2D eigenvalue weighted by atomic mass is 10.2. The molecule has 8 heteroatoms. The van der Waals surface area contributed by atoms with E-state index in [0.717, 1.165) is 5.56 Å². The van der Waals surface area contributed by atoms with E-state index in [0.29, 0.717) is 33.9 Å². The Morgan fingerprint density at radius 1 is 1.03 bits per heavy atom. The highest BCUT2D eigenvalue weighted by atomic mass is 35.5. The van der Waals surface area contributed by atoms with E-state index in [4.69, 9.17) is 32.4 Å². The van der Waals surface area contributed by atoms with Gasteiger partial charge in [-0.3, -0.25) is 9.48 Å². The number of benzene rings is 2. The maximum Gasteiger partial charge on any atom is 0.292 e. The fourth-order valence-electron chi connectivity index (χ4n) is 2.79. The zero-order valence-electron chi connectivity index (χ0n) is 15.7. The summed E-state index contributed by atoms with van der Waals surface area (Å²) >= 11 is 12.1. The molecule has 0 unspecified atom stereocenters. The largest absolute Gasteiger partial charge is 0.484 e. The van der Waals surface area contributed by atoms with E-state index in [-0.39, 0.29) is 12.4 Å². The van der Waals surface area contributed by atoms with Crippen LogP contribution in [0.25, 0.3) is 0 Å². The number of nitrogens with zero attached hydrogens (tertiary/aromatic N) is 2. The number of carbonyl (C=O) groups excluding carboxylic acids is 1. The Hall–Kier alpha value is -3.22. The Morgan fingerprint density at radius 3 is 2.70 bits per heavy atom. The average Bonchev–Trinajstić information content (AvgIpc) is 3.39. The maximum absolute atomic E-state index is 12.4. The van der Waals surface area contributed by atoms with Crippen molar-refractivity contribution in [3.63, 3.8) is 0 Å². The Balaban J connectivity index is 1.34. The summed E-state index contributed by atoms with van der Waals surface area (Å²) in [5.74, 6) is 1.12. The van der Waals surface area contributed by atoms with Gasteiger partial charge in [-0.1, -0.05) is 59.6 Å². The second kappa shape index (κ2) is 9.07. The molecule has 0 aliphatic heterocycles. The summed E-state index contributed by atoms with van der Waals surface area (Å²) in [4.78, 5) is 12.4. The molecule has 6 nitrogen and oxygen atoms in total. The summed E-state index contributed by atoms with van der Waals surface area (Å²) in [5.41, 5.74) is 1.12. The van der Waals surface area contributed by atoms with Crippen LogP contribution in [-0.2, 0) is 13.2 Å². The second-order valence-corrected chi connectivity index (χ2v) is 7.23. The number of furan rings is 1. The summed E-state index contributed by atoms with van der Waals surface area (Å²) < 4.78 is 12.9. The van der Waals surface area contributed by atoms with Gasteiger partial charge in [0.1, 0.15) is 23.1 Å². The molecule has 2 heterocycles. The molecule has 30 heavy (non-hydrogen) atoms. The van der Waals surface area contributed by atoms with Crippen molar-refractivity contribution in [1.29, 1.82) is 0 Å². The van der Waals surface area contributed by atoms with Crippen molar-refractivity contribution in [3.05, 3.63) is 100 Å². The first-order valence-electron chi connectivity index (χ1n) is 9.13. The number of ether oxygens (including phenoxy) is 1. The molecule has 152 valence electrons. The summed E-state index contributed by atoms with van der Waals surface area (Å²) in [6.07, 6.45) is 1.80. The lowest BCUT2D eigenvalue weighted by Crippen LogP contribution is -2.12. The van der Waals surface area contributed by atoms with E-state index in [1.54, 1.807) is 47.3 Å². The van der Waals surface area contributed by atoms with E-state index in [1.807, 2.05) is 30.3 Å². The number of carbonyl (C=O) groups is 1. The van der Waals surface area contributed by atoms with E-state index in [9.17, 15) is 4.79 Å². The maximum atomic E-state index is 12.4. The Morgan fingerprint density at radius 2 is 1.87 bits per heavy atom. The molecular formula is C22H17Cl2N3O3. The predicted octanol–water partition coefficient (Wildman–Crippen LogP) is 5.66. The topological polar surface area (TPSA) is 69.3 Å². The number of amides is 1. The number of nitrogens with one attached hydrogen (secondary N) is 1. The summed E-state index contributed by atoms with van der Waals surface area (Å²) in [6.45, 7) is 0.726. The van der Waals surface area contributed by atoms with Crippen LogP contribution in [-0.4, -0.2) is 15.7 Å². The van der Waals surface area contributed by atoms with Crippen LogP contribution in [0.15, 0.2) is 77.3 Å². The van der Waals surface area contributed by atoms with Gasteiger partial charge in [-0.05, 0) is 29.8 Å². The third kappa shape index (κ3) is 4.84. The molecule has 1 N–H and O–H groups in total. The van der Waals surface area contributed by atoms with E-state index >= 15 is 0 Å². The zero-order valence-corrected chi connectivity index (χ0v) is 17.2. The fourth-order valence-corrected chi connectivity index (χ4v) is 3.13. The predicted molar refractivity (Wildman–Crippen MR) is 115 cm³/mol. The van der Waals surface area contributed by atoms with Crippen molar-refractivity contribution in [1.82, 2.24) is 9.78 Å². The van der Waals surface area contributed by atoms with Gasteiger partial charge in [0.15, 0.2) is 11.6 Å². The van der Waals surface area contributed by atoms with Crippen LogP contribution in [0, 0.1) is 0 Å². The SMILES string of the molecule is O=C(Nc1ccn(Cc2ccccc2)n1)c1ccc(COc2cccc(Cl)c2Cl)o1. The molecule has 0 aliphatic carbocycles. The van der Waals surface area contributed by atoms with E-state index in [2.05, 4.69) is 10.4 Å². The Bertz CT molecular complexity index is 1160. The molecule has 0 saturated carbocycles.